The van der Waals surface area contributed by atoms with Crippen LogP contribution in [0.4, 0.5) is 10.1 Å². The molecule has 0 amide bonds. The first-order valence-corrected chi connectivity index (χ1v) is 5.58. The molecule has 0 aromatic heterocycles. The van der Waals surface area contributed by atoms with E-state index in [4.69, 9.17) is 15.8 Å². The van der Waals surface area contributed by atoms with Crippen LogP contribution < -0.4 is 5.32 Å². The van der Waals surface area contributed by atoms with E-state index in [1.54, 1.807) is 6.07 Å². The highest BCUT2D eigenvalue weighted by Crippen LogP contribution is 2.23. The molecule has 104 valence electrons. The Kier molecular flexibility index (Phi) is 5.00. The zero-order chi connectivity index (χ0) is 16.0. The maximum absolute atomic E-state index is 13.6. The van der Waals surface area contributed by atoms with Gasteiger partial charge in [-0.1, -0.05) is 0 Å². The first-order valence-electron chi connectivity index (χ1n) is 5.58. The van der Waals surface area contributed by atoms with E-state index < -0.39 is 17.4 Å². The molecule has 21 heavy (non-hydrogen) atoms. The topological polar surface area (TPSA) is 110 Å². The number of anilines is 1. The van der Waals surface area contributed by atoms with Crippen LogP contribution in [0.3, 0.4) is 0 Å². The van der Waals surface area contributed by atoms with Crippen molar-refractivity contribution >= 4 is 11.7 Å². The Morgan fingerprint density at radius 3 is 2.33 bits per heavy atom. The molecule has 1 aromatic rings. The summed E-state index contributed by atoms with van der Waals surface area (Å²) >= 11 is 0. The summed E-state index contributed by atoms with van der Waals surface area (Å²) in [5, 5.41) is 28.8. The van der Waals surface area contributed by atoms with E-state index in [9.17, 15) is 9.18 Å². The fourth-order valence-electron chi connectivity index (χ4n) is 1.48. The lowest BCUT2D eigenvalue weighted by Crippen LogP contribution is -2.10. The number of hydrogen-bond acceptors (Lipinski definition) is 6. The molecule has 0 heterocycles. The molecule has 1 rings (SSSR count). The van der Waals surface area contributed by atoms with Gasteiger partial charge in [0.1, 0.15) is 29.7 Å². The van der Waals surface area contributed by atoms with E-state index in [0.29, 0.717) is 0 Å². The fraction of sp³-hybridized carbons (Fsp3) is 0.143. The highest BCUT2D eigenvalue weighted by Gasteiger charge is 2.17. The van der Waals surface area contributed by atoms with Crippen LogP contribution >= 0.6 is 0 Å². The van der Waals surface area contributed by atoms with Crippen LogP contribution in [0.15, 0.2) is 23.4 Å². The first kappa shape index (κ1) is 15.7. The van der Waals surface area contributed by atoms with Crippen molar-refractivity contribution < 1.29 is 13.9 Å². The standard InChI is InChI=1S/C14H9FN4O2/c1-8-3-10(14(20)21-2)12(4-11(8)15)19-13(7-18)9(5-16)6-17/h3-4,19H,1-2H3. The SMILES string of the molecule is COC(=O)c1cc(C)c(F)cc1NC(C#N)=C(C#N)C#N. The molecule has 6 nitrogen and oxygen atoms in total. The molecule has 0 saturated heterocycles. The number of hydrogen-bond donors (Lipinski definition) is 1. The summed E-state index contributed by atoms with van der Waals surface area (Å²) in [6.45, 7) is 1.46. The van der Waals surface area contributed by atoms with E-state index >= 15 is 0 Å². The van der Waals surface area contributed by atoms with Crippen LogP contribution in [-0.4, -0.2) is 13.1 Å². The predicted molar refractivity (Wildman–Crippen MR) is 70.0 cm³/mol. The molecule has 0 aliphatic heterocycles. The van der Waals surface area contributed by atoms with Crippen LogP contribution in [0, 0.1) is 46.7 Å². The van der Waals surface area contributed by atoms with Gasteiger partial charge in [0.2, 0.25) is 0 Å². The molecular formula is C14H9FN4O2. The third-order valence-corrected chi connectivity index (χ3v) is 2.55. The molecule has 0 aliphatic carbocycles. The van der Waals surface area contributed by atoms with Crippen molar-refractivity contribution in [2.75, 3.05) is 12.4 Å². The van der Waals surface area contributed by atoms with E-state index in [1.807, 2.05) is 0 Å². The summed E-state index contributed by atoms with van der Waals surface area (Å²) in [4.78, 5) is 11.7. The summed E-state index contributed by atoms with van der Waals surface area (Å²) in [6, 6.07) is 6.93. The van der Waals surface area contributed by atoms with Gasteiger partial charge in [-0.2, -0.15) is 15.8 Å². The predicted octanol–water partition coefficient (Wildman–Crippen LogP) is 2.16. The molecule has 0 radical (unpaired) electrons. The van der Waals surface area contributed by atoms with E-state index in [1.165, 1.54) is 25.1 Å². The number of benzene rings is 1. The number of nitrogens with one attached hydrogen (secondary N) is 1. The normalized spacial score (nSPS) is 8.76. The third kappa shape index (κ3) is 3.34. The molecule has 0 atom stereocenters. The van der Waals surface area contributed by atoms with Crippen LogP contribution in [0.5, 0.6) is 0 Å². The number of halogens is 1. The molecule has 0 spiro atoms. The fourth-order valence-corrected chi connectivity index (χ4v) is 1.48. The van der Waals surface area contributed by atoms with Crippen LogP contribution in [0.1, 0.15) is 15.9 Å². The quantitative estimate of drug-likeness (QED) is 0.672. The first-order chi connectivity index (χ1) is 9.98. The minimum absolute atomic E-state index is 0.0145. The second-order valence-corrected chi connectivity index (χ2v) is 3.85. The zero-order valence-corrected chi connectivity index (χ0v) is 11.2. The summed E-state index contributed by atoms with van der Waals surface area (Å²) in [7, 11) is 1.15. The molecule has 0 saturated carbocycles. The van der Waals surface area contributed by atoms with E-state index in [2.05, 4.69) is 10.1 Å². The monoisotopic (exact) mass is 284 g/mol. The van der Waals surface area contributed by atoms with Gasteiger partial charge in [-0.15, -0.1) is 0 Å². The lowest BCUT2D eigenvalue weighted by molar-refractivity contribution is 0.0601. The lowest BCUT2D eigenvalue weighted by Gasteiger charge is -2.11. The van der Waals surface area contributed by atoms with Crippen molar-refractivity contribution in [2.45, 2.75) is 6.92 Å². The highest BCUT2D eigenvalue weighted by atomic mass is 19.1. The third-order valence-electron chi connectivity index (χ3n) is 2.55. The number of allylic oxidation sites excluding steroid dienone is 2. The minimum atomic E-state index is -0.742. The van der Waals surface area contributed by atoms with Gasteiger partial charge < -0.3 is 10.1 Å². The minimum Gasteiger partial charge on any atom is -0.465 e. The Balaban J connectivity index is 3.45. The van der Waals surface area contributed by atoms with Crippen molar-refractivity contribution in [3.8, 4) is 18.2 Å². The van der Waals surface area contributed by atoms with Gasteiger partial charge in [0, 0.05) is 0 Å². The second-order valence-electron chi connectivity index (χ2n) is 3.85. The van der Waals surface area contributed by atoms with Gasteiger partial charge in [0.05, 0.1) is 18.4 Å². The van der Waals surface area contributed by atoms with Gasteiger partial charge in [-0.25, -0.2) is 9.18 Å². The van der Waals surface area contributed by atoms with Gasteiger partial charge in [0.25, 0.3) is 0 Å². The molecule has 0 fully saturated rings. The summed E-state index contributed by atoms with van der Waals surface area (Å²) in [5.74, 6) is -1.36. The highest BCUT2D eigenvalue weighted by molar-refractivity contribution is 5.96. The maximum Gasteiger partial charge on any atom is 0.339 e. The number of esters is 1. The number of aryl methyl sites for hydroxylation is 1. The van der Waals surface area contributed by atoms with Gasteiger partial charge in [-0.05, 0) is 24.6 Å². The molecule has 0 aliphatic rings. The van der Waals surface area contributed by atoms with Crippen LogP contribution in [-0.2, 0) is 4.74 Å². The zero-order valence-electron chi connectivity index (χ0n) is 11.2. The van der Waals surface area contributed by atoms with Crippen molar-refractivity contribution in [3.63, 3.8) is 0 Å². The van der Waals surface area contributed by atoms with Crippen LogP contribution in [0.2, 0.25) is 0 Å². The van der Waals surface area contributed by atoms with Crippen molar-refractivity contribution in [1.82, 2.24) is 0 Å². The Morgan fingerprint density at radius 1 is 1.24 bits per heavy atom. The maximum atomic E-state index is 13.6. The number of rotatable bonds is 3. The Hall–Kier alpha value is -3.37. The molecule has 1 N–H and O–H groups in total. The van der Waals surface area contributed by atoms with Gasteiger partial charge in [0.15, 0.2) is 5.57 Å². The molecule has 0 bridgehead atoms. The Bertz CT molecular complexity index is 732. The Morgan fingerprint density at radius 2 is 1.86 bits per heavy atom. The molecule has 1 aromatic carbocycles. The largest absolute Gasteiger partial charge is 0.465 e. The van der Waals surface area contributed by atoms with E-state index in [-0.39, 0.29) is 22.5 Å². The number of carbonyl (C=O) groups is 1. The number of nitrogens with zero attached hydrogens (tertiary/aromatic N) is 3. The summed E-state index contributed by atoms with van der Waals surface area (Å²) in [6.07, 6.45) is 0. The Labute approximate surface area is 120 Å². The second kappa shape index (κ2) is 6.70. The van der Waals surface area contributed by atoms with Gasteiger partial charge in [-0.3, -0.25) is 0 Å². The number of carbonyl (C=O) groups excluding carboxylic acids is 1. The smallest absolute Gasteiger partial charge is 0.339 e. The number of nitriles is 3. The van der Waals surface area contributed by atoms with Crippen molar-refractivity contribution in [2.24, 2.45) is 0 Å². The number of ether oxygens (including phenoxy) is 1. The van der Waals surface area contributed by atoms with E-state index in [0.717, 1.165) is 13.2 Å². The molecule has 7 heteroatoms. The lowest BCUT2D eigenvalue weighted by atomic mass is 10.1. The van der Waals surface area contributed by atoms with Crippen molar-refractivity contribution in [3.05, 3.63) is 40.3 Å². The summed E-state index contributed by atoms with van der Waals surface area (Å²) < 4.78 is 18.2. The average Bonchev–Trinajstić information content (AvgIpc) is 2.49. The average molecular weight is 284 g/mol. The van der Waals surface area contributed by atoms with Crippen molar-refractivity contribution in [1.29, 1.82) is 15.8 Å². The number of methoxy groups -OCH3 is 1. The molecular weight excluding hydrogens is 275 g/mol. The van der Waals surface area contributed by atoms with Gasteiger partial charge >= 0.3 is 5.97 Å². The molecule has 0 unspecified atom stereocenters. The van der Waals surface area contributed by atoms with Crippen LogP contribution in [0.25, 0.3) is 0 Å². The summed E-state index contributed by atoms with van der Waals surface area (Å²) in [5.41, 5.74) is -0.726.